The average molecular weight is 270 g/mol. The van der Waals surface area contributed by atoms with Crippen LogP contribution in [0.25, 0.3) is 10.9 Å². The third-order valence-electron chi connectivity index (χ3n) is 3.38. The Bertz CT molecular complexity index is 528. The fourth-order valence-corrected chi connectivity index (χ4v) is 3.08. The van der Waals surface area contributed by atoms with Crippen LogP contribution in [0.1, 0.15) is 38.7 Å². The maximum Gasteiger partial charge on any atom is 0.0661 e. The van der Waals surface area contributed by atoms with Gasteiger partial charge in [0.05, 0.1) is 10.5 Å². The summed E-state index contributed by atoms with van der Waals surface area (Å²) in [5, 5.41) is 2.54. The Hall–Kier alpha value is -0.660. The van der Waals surface area contributed by atoms with Crippen LogP contribution in [0.2, 0.25) is 10.0 Å². The summed E-state index contributed by atoms with van der Waals surface area (Å²) in [6, 6.07) is 3.78. The smallest absolute Gasteiger partial charge is 0.0661 e. The van der Waals surface area contributed by atoms with Crippen molar-refractivity contribution in [2.75, 3.05) is 0 Å². The van der Waals surface area contributed by atoms with Gasteiger partial charge in [0.1, 0.15) is 0 Å². The number of hydrogen-bond acceptors (Lipinski definition) is 0. The highest BCUT2D eigenvalue weighted by atomic mass is 35.5. The van der Waals surface area contributed by atoms with Gasteiger partial charge in [-0.2, -0.15) is 0 Å². The molecule has 1 N–H and O–H groups in total. The first-order valence-corrected chi connectivity index (χ1v) is 6.76. The molecule has 1 aromatic heterocycles. The number of fused-ring (bicyclic) bond motifs is 1. The van der Waals surface area contributed by atoms with Crippen LogP contribution in [-0.4, -0.2) is 4.98 Å². The Balaban J connectivity index is 2.63. The first-order valence-electron chi connectivity index (χ1n) is 6.00. The summed E-state index contributed by atoms with van der Waals surface area (Å²) in [5.74, 6) is 1.15. The molecule has 2 rings (SSSR count). The van der Waals surface area contributed by atoms with Crippen LogP contribution >= 0.6 is 23.2 Å². The highest BCUT2D eigenvalue weighted by Gasteiger charge is 2.18. The predicted octanol–water partition coefficient (Wildman–Crippen LogP) is 5.62. The summed E-state index contributed by atoms with van der Waals surface area (Å²) < 4.78 is 0. The molecule has 0 fully saturated rings. The van der Waals surface area contributed by atoms with Gasteiger partial charge in [0.2, 0.25) is 0 Å². The standard InChI is InChI=1S/C14H17Cl2N/c1-4-10(8(2)3)12-7-17-14-11(12)5-9(15)6-13(14)16/h5-8,10,17H,4H2,1-3H3. The zero-order chi connectivity index (χ0) is 12.6. The molecule has 1 heterocycles. The van der Waals surface area contributed by atoms with Gasteiger partial charge in [-0.25, -0.2) is 0 Å². The molecule has 0 aliphatic carbocycles. The first kappa shape index (κ1) is 12.8. The van der Waals surface area contributed by atoms with E-state index in [1.165, 1.54) is 5.56 Å². The van der Waals surface area contributed by atoms with E-state index in [4.69, 9.17) is 23.2 Å². The third-order valence-corrected chi connectivity index (χ3v) is 3.90. The van der Waals surface area contributed by atoms with Gasteiger partial charge < -0.3 is 4.98 Å². The van der Waals surface area contributed by atoms with E-state index in [1.54, 1.807) is 6.07 Å². The van der Waals surface area contributed by atoms with E-state index in [9.17, 15) is 0 Å². The van der Waals surface area contributed by atoms with Crippen molar-refractivity contribution < 1.29 is 0 Å². The number of aromatic nitrogens is 1. The molecule has 0 saturated carbocycles. The Morgan fingerprint density at radius 3 is 2.53 bits per heavy atom. The largest absolute Gasteiger partial charge is 0.360 e. The van der Waals surface area contributed by atoms with Gasteiger partial charge in [-0.15, -0.1) is 0 Å². The number of hydrogen-bond donors (Lipinski definition) is 1. The maximum atomic E-state index is 6.19. The molecule has 0 aliphatic heterocycles. The Morgan fingerprint density at radius 2 is 1.94 bits per heavy atom. The molecular formula is C14H17Cl2N. The van der Waals surface area contributed by atoms with Crippen LogP contribution < -0.4 is 0 Å². The van der Waals surface area contributed by atoms with Crippen LogP contribution in [0, 0.1) is 5.92 Å². The highest BCUT2D eigenvalue weighted by Crippen LogP contribution is 2.36. The minimum atomic E-state index is 0.540. The Labute approximate surface area is 112 Å². The van der Waals surface area contributed by atoms with Crippen molar-refractivity contribution in [2.24, 2.45) is 5.92 Å². The Morgan fingerprint density at radius 1 is 1.24 bits per heavy atom. The molecule has 0 bridgehead atoms. The first-order chi connectivity index (χ1) is 8.04. The molecule has 0 radical (unpaired) electrons. The number of benzene rings is 1. The van der Waals surface area contributed by atoms with E-state index < -0.39 is 0 Å². The number of halogens is 2. The van der Waals surface area contributed by atoms with E-state index in [-0.39, 0.29) is 0 Å². The van der Waals surface area contributed by atoms with Crippen LogP contribution in [-0.2, 0) is 0 Å². The normalized spacial score (nSPS) is 13.5. The molecular weight excluding hydrogens is 253 g/mol. The minimum Gasteiger partial charge on any atom is -0.360 e. The van der Waals surface area contributed by atoms with Gasteiger partial charge in [0.15, 0.2) is 0 Å². The van der Waals surface area contributed by atoms with E-state index in [0.717, 1.165) is 17.3 Å². The molecule has 1 nitrogen and oxygen atoms in total. The van der Waals surface area contributed by atoms with E-state index in [2.05, 4.69) is 32.0 Å². The fraction of sp³-hybridized carbons (Fsp3) is 0.429. The number of aromatic amines is 1. The van der Waals surface area contributed by atoms with Crippen molar-refractivity contribution in [3.8, 4) is 0 Å². The highest BCUT2D eigenvalue weighted by molar-refractivity contribution is 6.38. The molecule has 92 valence electrons. The minimum absolute atomic E-state index is 0.540. The molecule has 1 unspecified atom stereocenters. The maximum absolute atomic E-state index is 6.19. The summed E-state index contributed by atoms with van der Waals surface area (Å²) in [7, 11) is 0. The lowest BCUT2D eigenvalue weighted by atomic mass is 9.86. The monoisotopic (exact) mass is 269 g/mol. The number of rotatable bonds is 3. The SMILES string of the molecule is CCC(c1c[nH]c2c(Cl)cc(Cl)cc12)C(C)C. The molecule has 17 heavy (non-hydrogen) atoms. The summed E-state index contributed by atoms with van der Waals surface area (Å²) in [5.41, 5.74) is 2.31. The Kier molecular flexibility index (Phi) is 3.70. The van der Waals surface area contributed by atoms with E-state index in [0.29, 0.717) is 21.9 Å². The lowest BCUT2D eigenvalue weighted by Gasteiger charge is -2.18. The summed E-state index contributed by atoms with van der Waals surface area (Å²) in [6.07, 6.45) is 3.19. The predicted molar refractivity (Wildman–Crippen MR) is 76.2 cm³/mol. The molecule has 1 atom stereocenters. The fourth-order valence-electron chi connectivity index (χ4n) is 2.53. The number of nitrogens with one attached hydrogen (secondary N) is 1. The zero-order valence-electron chi connectivity index (χ0n) is 10.3. The molecule has 0 spiro atoms. The van der Waals surface area contributed by atoms with Crippen molar-refractivity contribution >= 4 is 34.1 Å². The molecule has 0 saturated heterocycles. The molecule has 0 amide bonds. The van der Waals surface area contributed by atoms with Crippen molar-refractivity contribution in [1.82, 2.24) is 4.98 Å². The second-order valence-electron chi connectivity index (χ2n) is 4.81. The average Bonchev–Trinajstić information content (AvgIpc) is 2.63. The van der Waals surface area contributed by atoms with Crippen LogP contribution in [0.15, 0.2) is 18.3 Å². The molecule has 2 aromatic rings. The van der Waals surface area contributed by atoms with Crippen molar-refractivity contribution in [3.05, 3.63) is 33.9 Å². The van der Waals surface area contributed by atoms with Crippen molar-refractivity contribution in [2.45, 2.75) is 33.1 Å². The summed E-state index contributed by atoms with van der Waals surface area (Å²) in [4.78, 5) is 3.26. The zero-order valence-corrected chi connectivity index (χ0v) is 11.9. The van der Waals surface area contributed by atoms with E-state index in [1.807, 2.05) is 6.07 Å². The molecule has 0 aliphatic rings. The van der Waals surface area contributed by atoms with Gasteiger partial charge >= 0.3 is 0 Å². The van der Waals surface area contributed by atoms with Gasteiger partial charge in [-0.05, 0) is 36.0 Å². The number of H-pyrrole nitrogens is 1. The van der Waals surface area contributed by atoms with Crippen LogP contribution in [0.3, 0.4) is 0 Å². The lowest BCUT2D eigenvalue weighted by molar-refractivity contribution is 0.488. The molecule has 3 heteroatoms. The van der Waals surface area contributed by atoms with Crippen molar-refractivity contribution in [3.63, 3.8) is 0 Å². The van der Waals surface area contributed by atoms with Gasteiger partial charge in [-0.3, -0.25) is 0 Å². The van der Waals surface area contributed by atoms with Gasteiger partial charge in [0, 0.05) is 16.6 Å². The van der Waals surface area contributed by atoms with Gasteiger partial charge in [-0.1, -0.05) is 44.0 Å². The van der Waals surface area contributed by atoms with Gasteiger partial charge in [0.25, 0.3) is 0 Å². The second kappa shape index (κ2) is 4.91. The quantitative estimate of drug-likeness (QED) is 0.744. The summed E-state index contributed by atoms with van der Waals surface area (Å²) >= 11 is 12.3. The van der Waals surface area contributed by atoms with Crippen LogP contribution in [0.4, 0.5) is 0 Å². The van der Waals surface area contributed by atoms with Crippen molar-refractivity contribution in [1.29, 1.82) is 0 Å². The second-order valence-corrected chi connectivity index (χ2v) is 5.66. The lowest BCUT2D eigenvalue weighted by Crippen LogP contribution is -2.04. The van der Waals surface area contributed by atoms with E-state index >= 15 is 0 Å². The third kappa shape index (κ3) is 2.31. The van der Waals surface area contributed by atoms with Crippen LogP contribution in [0.5, 0.6) is 0 Å². The topological polar surface area (TPSA) is 15.8 Å². The summed E-state index contributed by atoms with van der Waals surface area (Å²) in [6.45, 7) is 6.72. The molecule has 1 aromatic carbocycles.